The van der Waals surface area contributed by atoms with E-state index >= 15 is 0 Å². The van der Waals surface area contributed by atoms with Gasteiger partial charge in [-0.15, -0.1) is 23.1 Å². The molecule has 0 saturated heterocycles. The average Bonchev–Trinajstić information content (AvgIpc) is 3.43. The van der Waals surface area contributed by atoms with Crippen LogP contribution in [0.5, 0.6) is 0 Å². The van der Waals surface area contributed by atoms with Gasteiger partial charge in [-0.2, -0.15) is 4.98 Å². The summed E-state index contributed by atoms with van der Waals surface area (Å²) >= 11 is 3.09. The van der Waals surface area contributed by atoms with E-state index in [9.17, 15) is 4.79 Å². The first-order valence-electron chi connectivity index (χ1n) is 8.84. The lowest BCUT2D eigenvalue weighted by molar-refractivity contribution is -0.116. The zero-order chi connectivity index (χ0) is 20.1. The minimum atomic E-state index is -0.148. The summed E-state index contributed by atoms with van der Waals surface area (Å²) in [5.74, 6) is 0.725. The van der Waals surface area contributed by atoms with Crippen molar-refractivity contribution in [2.75, 3.05) is 11.6 Å². The lowest BCUT2D eigenvalue weighted by Crippen LogP contribution is -2.12. The normalized spacial score (nSPS) is 10.8. The predicted molar refractivity (Wildman–Crippen MR) is 114 cm³/mol. The molecule has 1 N–H and O–H groups in total. The molecule has 1 amide bonds. The molecular formula is C20H17N5O2S2. The van der Waals surface area contributed by atoms with Crippen molar-refractivity contribution in [2.45, 2.75) is 17.7 Å². The Balaban J connectivity index is 1.32. The van der Waals surface area contributed by atoms with Gasteiger partial charge < -0.3 is 9.84 Å². The number of aryl methyl sites for hydroxylation is 1. The van der Waals surface area contributed by atoms with Crippen LogP contribution in [-0.2, 0) is 11.2 Å². The van der Waals surface area contributed by atoms with E-state index in [0.29, 0.717) is 23.3 Å². The Morgan fingerprint density at radius 1 is 1.17 bits per heavy atom. The predicted octanol–water partition coefficient (Wildman–Crippen LogP) is 4.55. The third-order valence-corrected chi connectivity index (χ3v) is 5.59. The minimum Gasteiger partial charge on any atom is -0.339 e. The number of rotatable bonds is 7. The zero-order valence-electron chi connectivity index (χ0n) is 15.5. The van der Waals surface area contributed by atoms with Crippen LogP contribution in [0.15, 0.2) is 63.6 Å². The van der Waals surface area contributed by atoms with Crippen LogP contribution in [0.2, 0.25) is 0 Å². The second-order valence-electron chi connectivity index (χ2n) is 6.07. The van der Waals surface area contributed by atoms with Crippen molar-refractivity contribution >= 4 is 34.1 Å². The maximum atomic E-state index is 12.2. The fourth-order valence-corrected chi connectivity index (χ4v) is 3.74. The van der Waals surface area contributed by atoms with Crippen molar-refractivity contribution in [1.82, 2.24) is 20.1 Å². The molecule has 4 aromatic rings. The van der Waals surface area contributed by atoms with Crippen LogP contribution in [0.3, 0.4) is 0 Å². The summed E-state index contributed by atoms with van der Waals surface area (Å²) in [4.78, 5) is 26.3. The third kappa shape index (κ3) is 4.87. The van der Waals surface area contributed by atoms with Crippen LogP contribution in [-0.4, -0.2) is 32.3 Å². The van der Waals surface area contributed by atoms with Crippen LogP contribution in [0.4, 0.5) is 5.13 Å². The van der Waals surface area contributed by atoms with Crippen molar-refractivity contribution in [3.05, 3.63) is 60.1 Å². The van der Waals surface area contributed by atoms with Crippen LogP contribution in [0, 0.1) is 0 Å². The summed E-state index contributed by atoms with van der Waals surface area (Å²) in [6.07, 6.45) is 5.97. The van der Waals surface area contributed by atoms with E-state index in [1.54, 1.807) is 30.2 Å². The van der Waals surface area contributed by atoms with Crippen molar-refractivity contribution < 1.29 is 9.32 Å². The molecule has 0 aliphatic carbocycles. The summed E-state index contributed by atoms with van der Waals surface area (Å²) in [7, 11) is 0. The topological polar surface area (TPSA) is 93.8 Å². The van der Waals surface area contributed by atoms with Crippen molar-refractivity contribution in [3.63, 3.8) is 0 Å². The molecular weight excluding hydrogens is 406 g/mol. The van der Waals surface area contributed by atoms with E-state index in [2.05, 4.69) is 37.6 Å². The van der Waals surface area contributed by atoms with Gasteiger partial charge in [0.2, 0.25) is 17.6 Å². The number of nitrogens with zero attached hydrogens (tertiary/aromatic N) is 4. The maximum absolute atomic E-state index is 12.2. The number of thiazole rings is 1. The van der Waals surface area contributed by atoms with Crippen molar-refractivity contribution in [3.8, 4) is 22.6 Å². The molecule has 9 heteroatoms. The number of hydrogen-bond acceptors (Lipinski definition) is 8. The average molecular weight is 424 g/mol. The van der Waals surface area contributed by atoms with Crippen LogP contribution < -0.4 is 5.32 Å². The second kappa shape index (κ2) is 8.97. The highest BCUT2D eigenvalue weighted by Gasteiger charge is 2.12. The fourth-order valence-electron chi connectivity index (χ4n) is 2.60. The number of thioether (sulfide) groups is 1. The number of carbonyl (C=O) groups excluding carboxylic acids is 1. The first-order chi connectivity index (χ1) is 14.2. The molecule has 29 heavy (non-hydrogen) atoms. The SMILES string of the molecule is CSc1ccc(-c2csc(NC(=O)CCc3nc(-c4cccnc4)no3)n2)cc1. The molecule has 0 saturated carbocycles. The third-order valence-electron chi connectivity index (χ3n) is 4.09. The summed E-state index contributed by atoms with van der Waals surface area (Å²) in [5, 5.41) is 9.26. The van der Waals surface area contributed by atoms with Gasteiger partial charge in [-0.05, 0) is 30.5 Å². The largest absolute Gasteiger partial charge is 0.339 e. The van der Waals surface area contributed by atoms with Crippen LogP contribution in [0.1, 0.15) is 12.3 Å². The number of aromatic nitrogens is 4. The highest BCUT2D eigenvalue weighted by molar-refractivity contribution is 7.98. The highest BCUT2D eigenvalue weighted by Crippen LogP contribution is 2.27. The molecule has 0 aliphatic heterocycles. The molecule has 0 radical (unpaired) electrons. The molecule has 0 bridgehead atoms. The second-order valence-corrected chi connectivity index (χ2v) is 7.81. The van der Waals surface area contributed by atoms with Gasteiger partial charge in [-0.25, -0.2) is 4.98 Å². The fraction of sp³-hybridized carbons (Fsp3) is 0.150. The lowest BCUT2D eigenvalue weighted by Gasteiger charge is -2.00. The summed E-state index contributed by atoms with van der Waals surface area (Å²) < 4.78 is 5.22. The Labute approximate surface area is 175 Å². The number of pyridine rings is 1. The van der Waals surface area contributed by atoms with Crippen molar-refractivity contribution in [1.29, 1.82) is 0 Å². The number of anilines is 1. The smallest absolute Gasteiger partial charge is 0.227 e. The summed E-state index contributed by atoms with van der Waals surface area (Å²) in [5.41, 5.74) is 2.64. The minimum absolute atomic E-state index is 0.148. The molecule has 0 atom stereocenters. The number of nitrogens with one attached hydrogen (secondary N) is 1. The molecule has 3 heterocycles. The van der Waals surface area contributed by atoms with E-state index in [1.807, 2.05) is 29.8 Å². The Hall–Kier alpha value is -3.04. The number of benzene rings is 1. The summed E-state index contributed by atoms with van der Waals surface area (Å²) in [6, 6.07) is 11.8. The number of hydrogen-bond donors (Lipinski definition) is 1. The van der Waals surface area contributed by atoms with E-state index in [0.717, 1.165) is 16.8 Å². The molecule has 0 unspecified atom stereocenters. The zero-order valence-corrected chi connectivity index (χ0v) is 17.2. The van der Waals surface area contributed by atoms with E-state index in [1.165, 1.54) is 16.2 Å². The van der Waals surface area contributed by atoms with Crippen molar-refractivity contribution in [2.24, 2.45) is 0 Å². The molecule has 146 valence electrons. The molecule has 0 aliphatic rings. The van der Waals surface area contributed by atoms with E-state index in [4.69, 9.17) is 4.52 Å². The maximum Gasteiger partial charge on any atom is 0.227 e. The van der Waals surface area contributed by atoms with Gasteiger partial charge >= 0.3 is 0 Å². The Morgan fingerprint density at radius 2 is 2.03 bits per heavy atom. The summed E-state index contributed by atoms with van der Waals surface area (Å²) in [6.45, 7) is 0. The number of carbonyl (C=O) groups is 1. The molecule has 0 fully saturated rings. The van der Waals surface area contributed by atoms with E-state index in [-0.39, 0.29) is 12.3 Å². The van der Waals surface area contributed by atoms with Crippen LogP contribution >= 0.6 is 23.1 Å². The Kier molecular flexibility index (Phi) is 5.97. The Bertz CT molecular complexity index is 1090. The van der Waals surface area contributed by atoms with Gasteiger partial charge in [-0.1, -0.05) is 17.3 Å². The standard InChI is InChI=1S/C20H17N5O2S2/c1-28-15-6-4-13(5-7-15)16-12-29-20(22-16)23-17(26)8-9-18-24-19(25-27-18)14-3-2-10-21-11-14/h2-7,10-12H,8-9H2,1H3,(H,22,23,26). The van der Waals surface area contributed by atoms with Gasteiger partial charge in [0.1, 0.15) is 0 Å². The number of amides is 1. The van der Waals surface area contributed by atoms with Gasteiger partial charge in [0, 0.05) is 46.6 Å². The molecule has 4 rings (SSSR count). The van der Waals surface area contributed by atoms with Crippen LogP contribution in [0.25, 0.3) is 22.6 Å². The Morgan fingerprint density at radius 3 is 2.79 bits per heavy atom. The van der Waals surface area contributed by atoms with Gasteiger partial charge in [-0.3, -0.25) is 9.78 Å². The van der Waals surface area contributed by atoms with Gasteiger partial charge in [0.15, 0.2) is 5.13 Å². The molecule has 1 aromatic carbocycles. The first kappa shape index (κ1) is 19.3. The lowest BCUT2D eigenvalue weighted by atomic mass is 10.2. The highest BCUT2D eigenvalue weighted by atomic mass is 32.2. The molecule has 7 nitrogen and oxygen atoms in total. The van der Waals surface area contributed by atoms with E-state index < -0.39 is 0 Å². The quantitative estimate of drug-likeness (QED) is 0.436. The molecule has 0 spiro atoms. The van der Waals surface area contributed by atoms with Gasteiger partial charge in [0.25, 0.3) is 0 Å². The van der Waals surface area contributed by atoms with Gasteiger partial charge in [0.05, 0.1) is 5.69 Å². The molecule has 3 aromatic heterocycles. The monoisotopic (exact) mass is 423 g/mol. The first-order valence-corrected chi connectivity index (χ1v) is 10.9.